The Hall–Kier alpha value is -5.16. The fraction of sp³-hybridized carbons (Fsp3) is 0.490. The van der Waals surface area contributed by atoms with E-state index in [2.05, 4.69) is 76.5 Å². The molecule has 67 heavy (non-hydrogen) atoms. The van der Waals surface area contributed by atoms with Crippen LogP contribution in [0.2, 0.25) is 0 Å². The molecule has 354 valence electrons. The molecule has 16 heteroatoms. The number of pyridine rings is 1. The Morgan fingerprint density at radius 1 is 1.00 bits per heavy atom. The maximum atomic E-state index is 14.1. The monoisotopic (exact) mass is 948 g/mol. The number of sulfonamides is 1. The van der Waals surface area contributed by atoms with Crippen LogP contribution in [0.4, 0.5) is 11.4 Å². The van der Waals surface area contributed by atoms with Gasteiger partial charge >= 0.3 is 0 Å². The highest BCUT2D eigenvalue weighted by molar-refractivity contribution is 8.00. The molecule has 2 atom stereocenters. The van der Waals surface area contributed by atoms with Gasteiger partial charge in [0, 0.05) is 66.4 Å². The minimum atomic E-state index is -4.62. The number of aromatic amines is 1. The largest absolute Gasteiger partial charge is 0.491 e. The molecule has 10 rings (SSSR count). The smallest absolute Gasteiger partial charge is 0.288 e. The molecular weight excluding hydrogens is 889 g/mol. The minimum Gasteiger partial charge on any atom is -0.491 e. The van der Waals surface area contributed by atoms with Crippen molar-refractivity contribution < 1.29 is 32.3 Å². The molecule has 3 aliphatic heterocycles. The molecule has 2 aliphatic carbocycles. The van der Waals surface area contributed by atoms with Gasteiger partial charge in [-0.3, -0.25) is 19.8 Å². The predicted molar refractivity (Wildman–Crippen MR) is 259 cm³/mol. The Morgan fingerprint density at radius 3 is 2.54 bits per heavy atom. The van der Waals surface area contributed by atoms with Crippen molar-refractivity contribution in [3.8, 4) is 17.2 Å². The number of amides is 1. The second-order valence-corrected chi connectivity index (χ2v) is 23.4. The van der Waals surface area contributed by atoms with E-state index >= 15 is 0 Å². The number of nitro benzene ring substituents is 1. The van der Waals surface area contributed by atoms with E-state index in [1.54, 1.807) is 30.6 Å². The van der Waals surface area contributed by atoms with Gasteiger partial charge in [0.25, 0.3) is 21.6 Å². The molecule has 5 aliphatic rings. The topological polar surface area (TPSA) is 169 Å². The van der Waals surface area contributed by atoms with Crippen LogP contribution in [0, 0.1) is 26.9 Å². The molecule has 0 radical (unpaired) electrons. The number of ether oxygens (including phenoxy) is 3. The molecule has 1 spiro atoms. The van der Waals surface area contributed by atoms with E-state index in [4.69, 9.17) is 14.2 Å². The number of carbonyl (C=O) groups excluding carboxylic acids is 1. The highest BCUT2D eigenvalue weighted by Gasteiger charge is 2.50. The summed E-state index contributed by atoms with van der Waals surface area (Å²) in [5.74, 6) is 0.479. The summed E-state index contributed by atoms with van der Waals surface area (Å²) in [4.78, 5) is 38.4. The number of hydrogen-bond acceptors (Lipinski definition) is 12. The standard InChI is InChI=1S/C51H60N6O8S2/c1-32(2)39-7-5-6-8-40(39)43-30-63-22-21-56(43)36-27-51(28-36)16-19-55(20-17-51)35-9-10-41(44(24-35)65-37-23-34-13-18-52-48(34)53-29-37)49(58)54-67(61,62)38-25-42(57(59)60)47-45(26-38)64-31-46(66-47)33-11-14-50(3,4)15-12-33/h5-10,13,18,23-26,29,32-33,36,43,46H,11-12,14-17,19-22,27-28,30-31H2,1-4H3,(H,52,53)(H,54,58). The zero-order valence-electron chi connectivity index (χ0n) is 38.7. The van der Waals surface area contributed by atoms with Crippen molar-refractivity contribution in [3.63, 3.8) is 0 Å². The van der Waals surface area contributed by atoms with Gasteiger partial charge in [0.1, 0.15) is 34.4 Å². The lowest BCUT2D eigenvalue weighted by Gasteiger charge is -2.57. The number of piperidine rings is 1. The number of rotatable bonds is 11. The molecule has 14 nitrogen and oxygen atoms in total. The molecule has 2 saturated heterocycles. The average Bonchev–Trinajstić information content (AvgIpc) is 3.78. The summed E-state index contributed by atoms with van der Waals surface area (Å²) in [5.41, 5.74) is 4.44. The Kier molecular flexibility index (Phi) is 12.3. The van der Waals surface area contributed by atoms with Crippen LogP contribution in [0.3, 0.4) is 0 Å². The molecule has 3 aromatic carbocycles. The average molecular weight is 949 g/mol. The van der Waals surface area contributed by atoms with Crippen LogP contribution in [-0.2, 0) is 14.8 Å². The molecule has 2 unspecified atom stereocenters. The molecule has 2 N–H and O–H groups in total. The summed E-state index contributed by atoms with van der Waals surface area (Å²) in [7, 11) is -4.62. The summed E-state index contributed by atoms with van der Waals surface area (Å²) in [6.45, 7) is 13.4. The lowest BCUT2D eigenvalue weighted by Crippen LogP contribution is -2.58. The van der Waals surface area contributed by atoms with E-state index in [0.29, 0.717) is 47.4 Å². The van der Waals surface area contributed by atoms with Gasteiger partial charge in [0.2, 0.25) is 0 Å². The lowest BCUT2D eigenvalue weighted by molar-refractivity contribution is -0.388. The second kappa shape index (κ2) is 18.1. The Balaban J connectivity index is 0.856. The van der Waals surface area contributed by atoms with Gasteiger partial charge in [-0.1, -0.05) is 52.0 Å². The van der Waals surface area contributed by atoms with Crippen LogP contribution in [0.5, 0.6) is 17.2 Å². The third kappa shape index (κ3) is 9.26. The first-order valence-electron chi connectivity index (χ1n) is 23.8. The number of hydrogen-bond donors (Lipinski definition) is 2. The number of H-pyrrole nitrogens is 1. The van der Waals surface area contributed by atoms with Gasteiger partial charge in [-0.2, -0.15) is 0 Å². The molecule has 5 aromatic rings. The number of morpholine rings is 1. The number of fused-ring (bicyclic) bond motifs is 2. The summed E-state index contributed by atoms with van der Waals surface area (Å²) in [6, 6.07) is 20.7. The first-order chi connectivity index (χ1) is 32.1. The van der Waals surface area contributed by atoms with Gasteiger partial charge in [0.05, 0.1) is 40.8 Å². The molecular formula is C51H60N6O8S2. The SMILES string of the molecule is CC(C)c1ccccc1C1COCCN1C1CC2(CCN(c3ccc(C(=O)NS(=O)(=O)c4cc5c(c([N+](=O)[O-])c4)SC(C4CCC(C)(C)CC4)CO5)c(Oc4cnc5[nH]ccc5c4)c3)CC2)C1. The van der Waals surface area contributed by atoms with Crippen molar-refractivity contribution in [1.29, 1.82) is 0 Å². The third-order valence-electron chi connectivity index (χ3n) is 15.3. The summed E-state index contributed by atoms with van der Waals surface area (Å²) >= 11 is 1.39. The van der Waals surface area contributed by atoms with Crippen LogP contribution in [0.15, 0.2) is 88.9 Å². The normalized spacial score (nSPS) is 22.3. The number of nitrogens with one attached hydrogen (secondary N) is 2. The van der Waals surface area contributed by atoms with Crippen LogP contribution in [0.25, 0.3) is 11.0 Å². The number of nitro groups is 1. The van der Waals surface area contributed by atoms with Crippen LogP contribution in [0.1, 0.15) is 113 Å². The maximum Gasteiger partial charge on any atom is 0.288 e. The fourth-order valence-corrected chi connectivity index (χ4v) is 13.7. The van der Waals surface area contributed by atoms with Gasteiger partial charge in [0.15, 0.2) is 0 Å². The molecule has 4 fully saturated rings. The van der Waals surface area contributed by atoms with E-state index < -0.39 is 25.7 Å². The Bertz CT molecular complexity index is 2790. The number of aromatic nitrogens is 2. The van der Waals surface area contributed by atoms with Crippen molar-refractivity contribution in [1.82, 2.24) is 19.6 Å². The number of nitrogens with zero attached hydrogens (tertiary/aromatic N) is 4. The van der Waals surface area contributed by atoms with E-state index in [0.717, 1.165) is 94.7 Å². The highest BCUT2D eigenvalue weighted by atomic mass is 32.2. The number of carbonyl (C=O) groups is 1. The molecule has 5 heterocycles. The molecule has 0 bridgehead atoms. The number of thioether (sulfide) groups is 1. The van der Waals surface area contributed by atoms with Gasteiger partial charge in [-0.25, -0.2) is 18.1 Å². The zero-order chi connectivity index (χ0) is 46.7. The van der Waals surface area contributed by atoms with E-state index in [-0.39, 0.29) is 44.9 Å². The van der Waals surface area contributed by atoms with Gasteiger partial charge in [-0.05, 0) is 109 Å². The quantitative estimate of drug-likeness (QED) is 0.0951. The first-order valence-corrected chi connectivity index (χ1v) is 26.1. The van der Waals surface area contributed by atoms with E-state index in [1.165, 1.54) is 29.0 Å². The fourth-order valence-electron chi connectivity index (χ4n) is 11.3. The summed E-state index contributed by atoms with van der Waals surface area (Å²) in [5, 5.41) is 13.3. The first kappa shape index (κ1) is 45.6. The Labute approximate surface area is 396 Å². The predicted octanol–water partition coefficient (Wildman–Crippen LogP) is 10.4. The molecule has 2 aromatic heterocycles. The number of anilines is 1. The zero-order valence-corrected chi connectivity index (χ0v) is 40.3. The Morgan fingerprint density at radius 2 is 1.78 bits per heavy atom. The third-order valence-corrected chi connectivity index (χ3v) is 18.1. The molecule has 2 saturated carbocycles. The van der Waals surface area contributed by atoms with E-state index in [9.17, 15) is 23.3 Å². The van der Waals surface area contributed by atoms with Crippen molar-refractivity contribution >= 4 is 50.1 Å². The van der Waals surface area contributed by atoms with Crippen molar-refractivity contribution in [2.75, 3.05) is 44.4 Å². The van der Waals surface area contributed by atoms with Gasteiger partial charge < -0.3 is 24.1 Å². The highest BCUT2D eigenvalue weighted by Crippen LogP contribution is 2.54. The summed E-state index contributed by atoms with van der Waals surface area (Å²) in [6.07, 6.45) is 11.8. The van der Waals surface area contributed by atoms with Gasteiger partial charge in [-0.15, -0.1) is 11.8 Å². The van der Waals surface area contributed by atoms with Crippen molar-refractivity contribution in [2.24, 2.45) is 16.7 Å². The second-order valence-electron chi connectivity index (χ2n) is 20.5. The van der Waals surface area contributed by atoms with Crippen LogP contribution in [-0.4, -0.2) is 84.9 Å². The van der Waals surface area contributed by atoms with Crippen molar-refractivity contribution in [2.45, 2.75) is 112 Å². The molecule has 1 amide bonds. The minimum absolute atomic E-state index is 0.0163. The van der Waals surface area contributed by atoms with Crippen LogP contribution < -0.4 is 19.1 Å². The van der Waals surface area contributed by atoms with Crippen LogP contribution >= 0.6 is 11.8 Å². The lowest BCUT2D eigenvalue weighted by atomic mass is 9.59. The maximum absolute atomic E-state index is 14.1. The number of benzene rings is 3. The summed E-state index contributed by atoms with van der Waals surface area (Å²) < 4.78 is 48.7. The van der Waals surface area contributed by atoms with Crippen molar-refractivity contribution in [3.05, 3.63) is 106 Å². The van der Waals surface area contributed by atoms with E-state index in [1.807, 2.05) is 12.1 Å².